The van der Waals surface area contributed by atoms with Crippen molar-refractivity contribution in [1.29, 1.82) is 0 Å². The zero-order valence-corrected chi connectivity index (χ0v) is 11.9. The molecule has 2 unspecified atom stereocenters. The minimum absolute atomic E-state index is 0.142. The fourth-order valence-corrected chi connectivity index (χ4v) is 2.26. The summed E-state index contributed by atoms with van der Waals surface area (Å²) in [4.78, 5) is 13.8. The number of carbonyl (C=O) groups excluding carboxylic acids is 1. The Labute approximate surface area is 109 Å². The van der Waals surface area contributed by atoms with Crippen LogP contribution in [-0.2, 0) is 4.74 Å². The van der Waals surface area contributed by atoms with E-state index >= 15 is 0 Å². The Kier molecular flexibility index (Phi) is 4.61. The predicted molar refractivity (Wildman–Crippen MR) is 70.3 cm³/mol. The summed E-state index contributed by atoms with van der Waals surface area (Å²) in [6.07, 6.45) is 2.46. The van der Waals surface area contributed by atoms with Crippen LogP contribution in [0.5, 0.6) is 0 Å². The molecule has 5 heteroatoms. The van der Waals surface area contributed by atoms with E-state index in [4.69, 9.17) is 10.5 Å². The number of nitrogens with two attached hydrogens (primary N) is 1. The highest BCUT2D eigenvalue weighted by Crippen LogP contribution is 2.26. The Morgan fingerprint density at radius 2 is 2.00 bits per heavy atom. The van der Waals surface area contributed by atoms with Gasteiger partial charge in [0.25, 0.3) is 0 Å². The molecule has 1 rings (SSSR count). The van der Waals surface area contributed by atoms with Crippen LogP contribution < -0.4 is 5.73 Å². The lowest BCUT2D eigenvalue weighted by Crippen LogP contribution is -2.62. The quantitative estimate of drug-likeness (QED) is 0.786. The second kappa shape index (κ2) is 5.45. The van der Waals surface area contributed by atoms with E-state index in [-0.39, 0.29) is 18.7 Å². The number of rotatable bonds is 2. The molecule has 1 amide bonds. The molecular weight excluding hydrogens is 232 g/mol. The predicted octanol–water partition coefficient (Wildman–Crippen LogP) is 1.49. The maximum Gasteiger partial charge on any atom is 0.410 e. The van der Waals surface area contributed by atoms with E-state index in [1.165, 1.54) is 0 Å². The van der Waals surface area contributed by atoms with E-state index in [0.717, 1.165) is 19.3 Å². The minimum atomic E-state index is -0.780. The number of piperidine rings is 1. The standard InChI is InChI=1S/C13H26N2O3/c1-12(2,3)18-11(17)15-8-6-5-7-10(15)13(4,14)9-16/h10,16H,5-9,14H2,1-4H3. The number of carbonyl (C=O) groups is 1. The Hall–Kier alpha value is -0.810. The molecular formula is C13H26N2O3. The number of hydrogen-bond acceptors (Lipinski definition) is 4. The van der Waals surface area contributed by atoms with E-state index in [9.17, 15) is 9.90 Å². The van der Waals surface area contributed by atoms with Gasteiger partial charge in [-0.15, -0.1) is 0 Å². The lowest BCUT2D eigenvalue weighted by molar-refractivity contribution is -0.00659. The summed E-state index contributed by atoms with van der Waals surface area (Å²) in [5, 5.41) is 9.37. The summed E-state index contributed by atoms with van der Waals surface area (Å²) in [5.74, 6) is 0. The molecule has 3 N–H and O–H groups in total. The Morgan fingerprint density at radius 1 is 1.39 bits per heavy atom. The number of ether oxygens (including phenoxy) is 1. The lowest BCUT2D eigenvalue weighted by Gasteiger charge is -2.44. The van der Waals surface area contributed by atoms with Gasteiger partial charge in [-0.2, -0.15) is 0 Å². The number of likely N-dealkylation sites (tertiary alicyclic amines) is 1. The molecule has 106 valence electrons. The van der Waals surface area contributed by atoms with E-state index in [2.05, 4.69) is 0 Å². The fourth-order valence-electron chi connectivity index (χ4n) is 2.26. The average molecular weight is 258 g/mol. The number of nitrogens with zero attached hydrogens (tertiary/aromatic N) is 1. The van der Waals surface area contributed by atoms with Crippen LogP contribution in [0.1, 0.15) is 47.0 Å². The van der Waals surface area contributed by atoms with Crippen molar-refractivity contribution in [3.63, 3.8) is 0 Å². The molecule has 0 aromatic heterocycles. The molecule has 0 spiro atoms. The average Bonchev–Trinajstić information content (AvgIpc) is 2.27. The van der Waals surface area contributed by atoms with Gasteiger partial charge in [0, 0.05) is 6.54 Å². The minimum Gasteiger partial charge on any atom is -0.444 e. The highest BCUT2D eigenvalue weighted by atomic mass is 16.6. The van der Waals surface area contributed by atoms with Gasteiger partial charge in [-0.25, -0.2) is 4.79 Å². The Balaban J connectivity index is 2.80. The van der Waals surface area contributed by atoms with Crippen molar-refractivity contribution in [2.45, 2.75) is 64.1 Å². The third kappa shape index (κ3) is 3.85. The third-order valence-electron chi connectivity index (χ3n) is 3.23. The smallest absolute Gasteiger partial charge is 0.410 e. The molecule has 0 aliphatic carbocycles. The molecule has 1 heterocycles. The van der Waals surface area contributed by atoms with Crippen molar-refractivity contribution >= 4 is 6.09 Å². The maximum absolute atomic E-state index is 12.2. The molecule has 1 aliphatic heterocycles. The van der Waals surface area contributed by atoms with Gasteiger partial charge in [0.05, 0.1) is 18.2 Å². The highest BCUT2D eigenvalue weighted by molar-refractivity contribution is 5.69. The van der Waals surface area contributed by atoms with E-state index in [1.807, 2.05) is 20.8 Å². The summed E-state index contributed by atoms with van der Waals surface area (Å²) in [6, 6.07) is -0.161. The Bertz CT molecular complexity index is 297. The summed E-state index contributed by atoms with van der Waals surface area (Å²) in [5.41, 5.74) is 4.79. The van der Waals surface area contributed by atoms with Crippen molar-refractivity contribution in [1.82, 2.24) is 4.90 Å². The monoisotopic (exact) mass is 258 g/mol. The van der Waals surface area contributed by atoms with Crippen LogP contribution in [0.3, 0.4) is 0 Å². The Morgan fingerprint density at radius 3 is 2.50 bits per heavy atom. The van der Waals surface area contributed by atoms with Gasteiger partial charge in [-0.3, -0.25) is 0 Å². The second-order valence-corrected chi connectivity index (χ2v) is 6.35. The molecule has 0 aromatic carbocycles. The summed E-state index contributed by atoms with van der Waals surface area (Å²) >= 11 is 0. The first-order chi connectivity index (χ1) is 8.17. The van der Waals surface area contributed by atoms with Gasteiger partial charge < -0.3 is 20.5 Å². The van der Waals surface area contributed by atoms with Crippen LogP contribution in [0.4, 0.5) is 4.79 Å². The molecule has 0 radical (unpaired) electrons. The van der Waals surface area contributed by atoms with Gasteiger partial charge in [-0.05, 0) is 47.0 Å². The molecule has 0 aromatic rings. The zero-order chi connectivity index (χ0) is 14.0. The van der Waals surface area contributed by atoms with E-state index in [0.29, 0.717) is 6.54 Å². The van der Waals surface area contributed by atoms with Gasteiger partial charge in [0.2, 0.25) is 0 Å². The van der Waals surface area contributed by atoms with Gasteiger partial charge >= 0.3 is 6.09 Å². The van der Waals surface area contributed by atoms with E-state index < -0.39 is 11.1 Å². The summed E-state index contributed by atoms with van der Waals surface area (Å²) < 4.78 is 5.40. The normalized spacial score (nSPS) is 24.6. The number of aliphatic hydroxyl groups excluding tert-OH is 1. The molecule has 1 saturated heterocycles. The van der Waals surface area contributed by atoms with Crippen LogP contribution >= 0.6 is 0 Å². The van der Waals surface area contributed by atoms with Crippen LogP contribution in [0.2, 0.25) is 0 Å². The van der Waals surface area contributed by atoms with Crippen LogP contribution in [0.15, 0.2) is 0 Å². The first-order valence-corrected chi connectivity index (χ1v) is 6.57. The third-order valence-corrected chi connectivity index (χ3v) is 3.23. The first-order valence-electron chi connectivity index (χ1n) is 6.57. The van der Waals surface area contributed by atoms with Gasteiger partial charge in [0.15, 0.2) is 0 Å². The van der Waals surface area contributed by atoms with Crippen molar-refractivity contribution in [2.75, 3.05) is 13.2 Å². The lowest BCUT2D eigenvalue weighted by atomic mass is 9.86. The molecule has 18 heavy (non-hydrogen) atoms. The highest BCUT2D eigenvalue weighted by Gasteiger charge is 2.39. The molecule has 5 nitrogen and oxygen atoms in total. The van der Waals surface area contributed by atoms with Crippen molar-refractivity contribution in [3.05, 3.63) is 0 Å². The topological polar surface area (TPSA) is 75.8 Å². The molecule has 0 bridgehead atoms. The van der Waals surface area contributed by atoms with Gasteiger partial charge in [-0.1, -0.05) is 0 Å². The number of amides is 1. The van der Waals surface area contributed by atoms with Crippen molar-refractivity contribution in [2.24, 2.45) is 5.73 Å². The molecule has 1 fully saturated rings. The van der Waals surface area contributed by atoms with Crippen LogP contribution in [-0.4, -0.2) is 46.4 Å². The van der Waals surface area contributed by atoms with Gasteiger partial charge in [0.1, 0.15) is 5.60 Å². The summed E-state index contributed by atoms with van der Waals surface area (Å²) in [6.45, 7) is 7.82. The first kappa shape index (κ1) is 15.2. The number of aliphatic hydroxyl groups is 1. The summed E-state index contributed by atoms with van der Waals surface area (Å²) in [7, 11) is 0. The van der Waals surface area contributed by atoms with Crippen molar-refractivity contribution in [3.8, 4) is 0 Å². The molecule has 0 saturated carbocycles. The van der Waals surface area contributed by atoms with E-state index in [1.54, 1.807) is 11.8 Å². The molecule has 2 atom stereocenters. The fraction of sp³-hybridized carbons (Fsp3) is 0.923. The maximum atomic E-state index is 12.2. The zero-order valence-electron chi connectivity index (χ0n) is 11.9. The largest absolute Gasteiger partial charge is 0.444 e. The molecule has 1 aliphatic rings. The van der Waals surface area contributed by atoms with Crippen LogP contribution in [0, 0.1) is 0 Å². The number of hydrogen-bond donors (Lipinski definition) is 2. The van der Waals surface area contributed by atoms with Crippen LogP contribution in [0.25, 0.3) is 0 Å². The van der Waals surface area contributed by atoms with Crippen molar-refractivity contribution < 1.29 is 14.6 Å². The second-order valence-electron chi connectivity index (χ2n) is 6.35. The SMILES string of the molecule is CC(C)(C)OC(=O)N1CCCCC1C(C)(N)CO.